The van der Waals surface area contributed by atoms with E-state index in [1.54, 1.807) is 13.8 Å². The molecule has 2 rings (SSSR count). The Morgan fingerprint density at radius 3 is 2.63 bits per heavy atom. The van der Waals surface area contributed by atoms with Gasteiger partial charge in [0.25, 0.3) is 5.91 Å². The lowest BCUT2D eigenvalue weighted by atomic mass is 10.1. The summed E-state index contributed by atoms with van der Waals surface area (Å²) in [5.74, 6) is 0.388. The minimum atomic E-state index is -0.317. The van der Waals surface area contributed by atoms with E-state index in [1.807, 2.05) is 31.2 Å². The zero-order valence-electron chi connectivity index (χ0n) is 11.0. The Kier molecular flexibility index (Phi) is 3.90. The van der Waals surface area contributed by atoms with E-state index in [-0.39, 0.29) is 17.0 Å². The summed E-state index contributed by atoms with van der Waals surface area (Å²) in [6.07, 6.45) is 0. The highest BCUT2D eigenvalue weighted by Gasteiger charge is 2.17. The van der Waals surface area contributed by atoms with Crippen molar-refractivity contribution in [2.75, 3.05) is 5.32 Å². The summed E-state index contributed by atoms with van der Waals surface area (Å²) in [5, 5.41) is 2.62. The molecular formula is C14H15ClN2O2. The first kappa shape index (κ1) is 13.6. The van der Waals surface area contributed by atoms with Gasteiger partial charge in [-0.2, -0.15) is 0 Å². The minimum absolute atomic E-state index is 0.186. The quantitative estimate of drug-likeness (QED) is 0.868. The number of hydrogen-bond donors (Lipinski definition) is 1. The summed E-state index contributed by atoms with van der Waals surface area (Å²) < 4.78 is 5.29. The van der Waals surface area contributed by atoms with Gasteiger partial charge in [0, 0.05) is 12.6 Å². The van der Waals surface area contributed by atoms with Gasteiger partial charge in [0.1, 0.15) is 0 Å². The van der Waals surface area contributed by atoms with Crippen LogP contribution in [-0.2, 0) is 0 Å². The third-order valence-electron chi connectivity index (χ3n) is 2.75. The van der Waals surface area contributed by atoms with Crippen LogP contribution in [0, 0.1) is 13.8 Å². The van der Waals surface area contributed by atoms with Gasteiger partial charge in [-0.25, -0.2) is 4.98 Å². The molecule has 0 fully saturated rings. The molecule has 19 heavy (non-hydrogen) atoms. The molecule has 1 N–H and O–H groups in total. The summed E-state index contributed by atoms with van der Waals surface area (Å²) >= 11 is 6.09. The molecule has 1 aromatic carbocycles. The predicted molar refractivity (Wildman–Crippen MR) is 74.6 cm³/mol. The molecule has 0 aliphatic carbocycles. The van der Waals surface area contributed by atoms with E-state index >= 15 is 0 Å². The highest BCUT2D eigenvalue weighted by atomic mass is 35.5. The number of carbonyl (C=O) groups excluding carboxylic acids is 1. The molecule has 0 saturated carbocycles. The van der Waals surface area contributed by atoms with Gasteiger partial charge in [0.15, 0.2) is 5.89 Å². The van der Waals surface area contributed by atoms with E-state index in [4.69, 9.17) is 16.0 Å². The highest BCUT2D eigenvalue weighted by Crippen LogP contribution is 2.27. The molecule has 0 aliphatic rings. The number of nitrogens with zero attached hydrogens (tertiary/aromatic N) is 1. The van der Waals surface area contributed by atoms with Crippen LogP contribution in [0.1, 0.15) is 40.0 Å². The fourth-order valence-corrected chi connectivity index (χ4v) is 2.07. The molecule has 1 amide bonds. The molecule has 1 atom stereocenters. The minimum Gasteiger partial charge on any atom is -0.436 e. The van der Waals surface area contributed by atoms with Gasteiger partial charge in [-0.3, -0.25) is 4.79 Å². The number of para-hydroxylation sites is 1. The molecule has 2 aromatic rings. The number of aryl methyl sites for hydroxylation is 2. The number of halogens is 1. The zero-order valence-corrected chi connectivity index (χ0v) is 11.8. The van der Waals surface area contributed by atoms with E-state index in [2.05, 4.69) is 10.3 Å². The summed E-state index contributed by atoms with van der Waals surface area (Å²) in [6.45, 7) is 5.30. The van der Waals surface area contributed by atoms with Crippen LogP contribution in [0.5, 0.6) is 0 Å². The lowest BCUT2D eigenvalue weighted by Gasteiger charge is -2.11. The normalized spacial score (nSPS) is 12.2. The van der Waals surface area contributed by atoms with Crippen molar-refractivity contribution in [3.63, 3.8) is 0 Å². The van der Waals surface area contributed by atoms with Crippen molar-refractivity contribution in [1.82, 2.24) is 4.98 Å². The van der Waals surface area contributed by atoms with E-state index < -0.39 is 0 Å². The number of aromatic nitrogens is 1. The monoisotopic (exact) mass is 278 g/mol. The molecular weight excluding hydrogens is 264 g/mol. The van der Waals surface area contributed by atoms with E-state index in [0.29, 0.717) is 17.3 Å². The highest BCUT2D eigenvalue weighted by molar-refractivity contribution is 6.21. The van der Waals surface area contributed by atoms with Crippen LogP contribution < -0.4 is 5.32 Å². The van der Waals surface area contributed by atoms with Gasteiger partial charge < -0.3 is 9.73 Å². The van der Waals surface area contributed by atoms with Crippen molar-refractivity contribution >= 4 is 23.2 Å². The molecule has 1 unspecified atom stereocenters. The second kappa shape index (κ2) is 5.45. The molecule has 1 heterocycles. The topological polar surface area (TPSA) is 55.1 Å². The lowest BCUT2D eigenvalue weighted by Crippen LogP contribution is -2.13. The van der Waals surface area contributed by atoms with E-state index in [9.17, 15) is 4.79 Å². The van der Waals surface area contributed by atoms with Crippen LogP contribution in [-0.4, -0.2) is 10.9 Å². The number of oxazole rings is 1. The number of hydrogen-bond acceptors (Lipinski definition) is 3. The van der Waals surface area contributed by atoms with Gasteiger partial charge in [0.2, 0.25) is 5.76 Å². The van der Waals surface area contributed by atoms with Crippen molar-refractivity contribution in [2.45, 2.75) is 26.1 Å². The molecule has 0 saturated heterocycles. The maximum absolute atomic E-state index is 12.1. The maximum Gasteiger partial charge on any atom is 0.293 e. The van der Waals surface area contributed by atoms with Crippen molar-refractivity contribution in [2.24, 2.45) is 0 Å². The van der Waals surface area contributed by atoms with E-state index in [1.165, 1.54) is 0 Å². The number of nitrogens with one attached hydrogen (secondary N) is 1. The average Bonchev–Trinajstić information content (AvgIpc) is 2.69. The van der Waals surface area contributed by atoms with Gasteiger partial charge in [0.05, 0.1) is 11.1 Å². The van der Waals surface area contributed by atoms with Gasteiger partial charge in [-0.15, -0.1) is 11.6 Å². The molecule has 0 bridgehead atoms. The van der Waals surface area contributed by atoms with Crippen molar-refractivity contribution < 1.29 is 9.21 Å². The molecule has 0 aliphatic heterocycles. The number of alkyl halides is 1. The molecule has 0 spiro atoms. The van der Waals surface area contributed by atoms with Crippen LogP contribution in [0.4, 0.5) is 5.69 Å². The summed E-state index contributed by atoms with van der Waals surface area (Å²) in [4.78, 5) is 16.2. The van der Waals surface area contributed by atoms with E-state index in [0.717, 1.165) is 5.56 Å². The second-order valence-corrected chi connectivity index (χ2v) is 4.96. The lowest BCUT2D eigenvalue weighted by molar-refractivity contribution is 0.0994. The van der Waals surface area contributed by atoms with Crippen LogP contribution in [0.25, 0.3) is 0 Å². The average molecular weight is 279 g/mol. The van der Waals surface area contributed by atoms with Crippen molar-refractivity contribution in [3.05, 3.63) is 47.2 Å². The maximum atomic E-state index is 12.1. The first-order valence-electron chi connectivity index (χ1n) is 5.97. The van der Waals surface area contributed by atoms with Crippen LogP contribution >= 0.6 is 11.6 Å². The standard InChI is InChI=1S/C14H15ClN2O2/c1-8(15)11-6-4-5-7-12(11)17-14(18)13-9(2)16-10(3)19-13/h4-8H,1-3H3,(H,17,18). The molecule has 100 valence electrons. The third-order valence-corrected chi connectivity index (χ3v) is 2.98. The predicted octanol–water partition coefficient (Wildman–Crippen LogP) is 3.84. The van der Waals surface area contributed by atoms with Crippen LogP contribution in [0.2, 0.25) is 0 Å². The van der Waals surface area contributed by atoms with Crippen molar-refractivity contribution in [1.29, 1.82) is 0 Å². The Morgan fingerprint density at radius 2 is 2.05 bits per heavy atom. The summed E-state index contributed by atoms with van der Waals surface area (Å²) in [6, 6.07) is 7.42. The van der Waals surface area contributed by atoms with Gasteiger partial charge >= 0.3 is 0 Å². The molecule has 1 aromatic heterocycles. The third kappa shape index (κ3) is 2.96. The van der Waals surface area contributed by atoms with Crippen LogP contribution in [0.15, 0.2) is 28.7 Å². The number of amides is 1. The second-order valence-electron chi connectivity index (χ2n) is 4.30. The Balaban J connectivity index is 2.27. The molecule has 5 heteroatoms. The summed E-state index contributed by atoms with van der Waals surface area (Å²) in [7, 11) is 0. The van der Waals surface area contributed by atoms with Gasteiger partial charge in [-0.1, -0.05) is 18.2 Å². The van der Waals surface area contributed by atoms with Crippen molar-refractivity contribution in [3.8, 4) is 0 Å². The summed E-state index contributed by atoms with van der Waals surface area (Å²) in [5.41, 5.74) is 2.13. The largest absolute Gasteiger partial charge is 0.436 e. The number of carbonyl (C=O) groups is 1. The number of benzene rings is 1. The smallest absolute Gasteiger partial charge is 0.293 e. The Bertz CT molecular complexity index is 605. The SMILES string of the molecule is Cc1nc(C)c(C(=O)Nc2ccccc2C(C)Cl)o1. The fourth-order valence-electron chi connectivity index (χ4n) is 1.88. The Morgan fingerprint density at radius 1 is 1.37 bits per heavy atom. The number of anilines is 1. The zero-order chi connectivity index (χ0) is 14.0. The first-order valence-corrected chi connectivity index (χ1v) is 6.41. The fraction of sp³-hybridized carbons (Fsp3) is 0.286. The molecule has 4 nitrogen and oxygen atoms in total. The van der Waals surface area contributed by atoms with Gasteiger partial charge in [-0.05, 0) is 25.5 Å². The first-order chi connectivity index (χ1) is 8.99. The molecule has 0 radical (unpaired) electrons. The Hall–Kier alpha value is -1.81. The number of rotatable bonds is 3. The Labute approximate surface area is 116 Å². The van der Waals surface area contributed by atoms with Crippen LogP contribution in [0.3, 0.4) is 0 Å².